The lowest BCUT2D eigenvalue weighted by Gasteiger charge is -2.67. The number of amides is 1. The summed E-state index contributed by atoms with van der Waals surface area (Å²) in [6.45, 7) is 7.61. The minimum atomic E-state index is -2.47. The molecule has 0 spiro atoms. The second-order valence-electron chi connectivity index (χ2n) is 19.5. The molecule has 4 aromatic rings. The van der Waals surface area contributed by atoms with Gasteiger partial charge in [-0.2, -0.15) is 0 Å². The molecule has 378 valence electrons. The molecule has 11 atom stereocenters. The molecule has 1 aliphatic heterocycles. The van der Waals surface area contributed by atoms with E-state index in [4.69, 9.17) is 33.2 Å². The van der Waals surface area contributed by atoms with Gasteiger partial charge in [0.1, 0.15) is 36.6 Å². The van der Waals surface area contributed by atoms with Gasteiger partial charge in [0.15, 0.2) is 17.5 Å². The average molecular weight is 988 g/mol. The molecule has 3 aliphatic carbocycles. The van der Waals surface area contributed by atoms with Gasteiger partial charge in [-0.15, -0.1) is 0 Å². The number of ketones is 1. The molecule has 72 heavy (non-hydrogen) atoms. The second kappa shape index (κ2) is 20.1. The SMILES string of the molecule is CC(=O)O[C@H]1C(=O)[C@]2(C)[C@H](O)C[C@H]3OC[C@@]3(OC(C)=O)[C@H]2[C@H](OC(=O)c2ccccc2)[C@]2(O)C[C@H](OC(=O)[C@H](OC(=O)OCc3ccccc3)[C@@H](NC(=O)c3ccccc3)c3ccccc3)C(C)=C1C2(C)C. The third-order valence-corrected chi connectivity index (χ3v) is 14.9. The molecule has 1 saturated heterocycles. The second-order valence-corrected chi connectivity index (χ2v) is 19.5. The molecule has 17 nitrogen and oxygen atoms in total. The van der Waals surface area contributed by atoms with E-state index in [-0.39, 0.29) is 41.9 Å². The Morgan fingerprint density at radius 2 is 1.36 bits per heavy atom. The first-order valence-electron chi connectivity index (χ1n) is 23.6. The number of carbonyl (C=O) groups is 7. The highest BCUT2D eigenvalue weighted by Gasteiger charge is 2.78. The lowest BCUT2D eigenvalue weighted by Crippen LogP contribution is -2.82. The molecule has 2 saturated carbocycles. The molecule has 8 rings (SSSR count). The highest BCUT2D eigenvalue weighted by atomic mass is 16.7. The number of aliphatic hydroxyl groups excluding tert-OH is 1. The zero-order chi connectivity index (χ0) is 51.8. The molecule has 2 bridgehead atoms. The van der Waals surface area contributed by atoms with Crippen molar-refractivity contribution in [3.8, 4) is 0 Å². The Hall–Kier alpha value is -7.21. The van der Waals surface area contributed by atoms with Crippen LogP contribution in [0.2, 0.25) is 0 Å². The van der Waals surface area contributed by atoms with Crippen molar-refractivity contribution >= 4 is 41.7 Å². The molecule has 0 unspecified atom stereocenters. The van der Waals surface area contributed by atoms with Crippen molar-refractivity contribution in [3.63, 3.8) is 0 Å². The van der Waals surface area contributed by atoms with Crippen LogP contribution in [0.15, 0.2) is 132 Å². The number of esters is 4. The molecule has 4 aliphatic rings. The highest BCUT2D eigenvalue weighted by Crippen LogP contribution is 2.64. The maximum atomic E-state index is 15.7. The number of aliphatic hydroxyl groups is 2. The third kappa shape index (κ3) is 9.27. The smallest absolute Gasteiger partial charge is 0.455 e. The van der Waals surface area contributed by atoms with E-state index in [9.17, 15) is 34.2 Å². The van der Waals surface area contributed by atoms with Gasteiger partial charge in [-0.25, -0.2) is 14.4 Å². The van der Waals surface area contributed by atoms with Gasteiger partial charge in [0, 0.05) is 37.7 Å². The summed E-state index contributed by atoms with van der Waals surface area (Å²) < 4.78 is 42.1. The fourth-order valence-corrected chi connectivity index (χ4v) is 11.1. The van der Waals surface area contributed by atoms with Crippen molar-refractivity contribution in [3.05, 3.63) is 155 Å². The summed E-state index contributed by atoms with van der Waals surface area (Å²) in [7, 11) is 0. The molecule has 0 radical (unpaired) electrons. The predicted molar refractivity (Wildman–Crippen MR) is 253 cm³/mol. The zero-order valence-corrected chi connectivity index (χ0v) is 40.6. The van der Waals surface area contributed by atoms with Crippen LogP contribution < -0.4 is 5.32 Å². The quantitative estimate of drug-likeness (QED) is 0.0780. The van der Waals surface area contributed by atoms with E-state index in [1.165, 1.54) is 26.0 Å². The Kier molecular flexibility index (Phi) is 14.3. The number of rotatable bonds is 13. The number of fused-ring (bicyclic) bond motifs is 5. The summed E-state index contributed by atoms with van der Waals surface area (Å²) in [5, 5.41) is 29.0. The van der Waals surface area contributed by atoms with Crippen LogP contribution in [0.1, 0.15) is 92.3 Å². The number of benzene rings is 4. The molecular weight excluding hydrogens is 931 g/mol. The van der Waals surface area contributed by atoms with Gasteiger partial charge < -0.3 is 48.7 Å². The van der Waals surface area contributed by atoms with Gasteiger partial charge in [-0.3, -0.25) is 19.2 Å². The number of hydrogen-bond donors (Lipinski definition) is 3. The Labute approximate surface area is 415 Å². The first kappa shape index (κ1) is 51.2. The van der Waals surface area contributed by atoms with Crippen molar-refractivity contribution < 1.29 is 76.9 Å². The van der Waals surface area contributed by atoms with Gasteiger partial charge in [0.05, 0.1) is 29.6 Å². The standard InChI is InChI=1S/C55H57NO16/c1-31-38(69-50(63)44(70-51(64)66-29-34-19-11-7-12-20-34)42(35-21-13-8-14-22-35)56-48(61)36-23-15-9-16-24-36)28-55(65)47(71-49(62)37-25-17-10-18-26-37)45-53(6,39(59)27-40-54(45,30-67-40)72-33(3)58)46(60)43(68-32(2)57)41(31)52(55,4)5/h7-26,38-40,42-45,47,59,65H,27-30H2,1-6H3,(H,56,61)/t38-,39+,40+,42-,43+,44+,45-,47-,53+,54-,55+/m0/s1. The summed E-state index contributed by atoms with van der Waals surface area (Å²) in [6.07, 6.45) is -12.2. The lowest BCUT2D eigenvalue weighted by atomic mass is 9.44. The Bertz CT molecular complexity index is 2750. The fourth-order valence-electron chi connectivity index (χ4n) is 11.1. The van der Waals surface area contributed by atoms with Crippen molar-refractivity contribution in [1.82, 2.24) is 5.32 Å². The van der Waals surface area contributed by atoms with Crippen LogP contribution in [0.4, 0.5) is 4.79 Å². The third-order valence-electron chi connectivity index (χ3n) is 14.9. The molecule has 1 amide bonds. The Morgan fingerprint density at radius 1 is 0.778 bits per heavy atom. The van der Waals surface area contributed by atoms with Crippen LogP contribution in [0.25, 0.3) is 0 Å². The van der Waals surface area contributed by atoms with E-state index < -0.39 is 119 Å². The monoisotopic (exact) mass is 987 g/mol. The molecule has 3 N–H and O–H groups in total. The molecule has 17 heteroatoms. The van der Waals surface area contributed by atoms with Gasteiger partial charge in [0.25, 0.3) is 5.91 Å². The van der Waals surface area contributed by atoms with Crippen molar-refractivity contribution in [1.29, 1.82) is 0 Å². The van der Waals surface area contributed by atoms with E-state index >= 15 is 9.59 Å². The Morgan fingerprint density at radius 3 is 1.93 bits per heavy atom. The number of ether oxygens (including phenoxy) is 7. The molecule has 0 aromatic heterocycles. The highest BCUT2D eigenvalue weighted by molar-refractivity contribution is 5.96. The van der Waals surface area contributed by atoms with Gasteiger partial charge in [-0.05, 0) is 60.4 Å². The van der Waals surface area contributed by atoms with Gasteiger partial charge in [-0.1, -0.05) is 111 Å². The van der Waals surface area contributed by atoms with Gasteiger partial charge >= 0.3 is 30.0 Å². The predicted octanol–water partition coefficient (Wildman–Crippen LogP) is 6.10. The van der Waals surface area contributed by atoms with E-state index in [0.717, 1.165) is 13.8 Å². The Balaban J connectivity index is 1.29. The average Bonchev–Trinajstić information content (AvgIpc) is 3.36. The van der Waals surface area contributed by atoms with Crippen molar-refractivity contribution in [2.24, 2.45) is 16.7 Å². The normalized spacial score (nSPS) is 28.9. The van der Waals surface area contributed by atoms with Crippen molar-refractivity contribution in [2.75, 3.05) is 6.61 Å². The molecule has 3 fully saturated rings. The van der Waals surface area contributed by atoms with Gasteiger partial charge in [0.2, 0.25) is 6.10 Å². The topological polar surface area (TPSA) is 237 Å². The van der Waals surface area contributed by atoms with Crippen LogP contribution in [-0.4, -0.2) is 106 Å². The summed E-state index contributed by atoms with van der Waals surface area (Å²) >= 11 is 0. The maximum absolute atomic E-state index is 15.7. The van der Waals surface area contributed by atoms with E-state index in [0.29, 0.717) is 11.1 Å². The van der Waals surface area contributed by atoms with Crippen molar-refractivity contribution in [2.45, 2.75) is 115 Å². The fraction of sp³-hybridized carbons (Fsp3) is 0.400. The summed E-state index contributed by atoms with van der Waals surface area (Å²) in [5.41, 5.74) is -6.92. The van der Waals surface area contributed by atoms with Crippen LogP contribution in [-0.2, 0) is 58.9 Å². The first-order valence-corrected chi connectivity index (χ1v) is 23.6. The summed E-state index contributed by atoms with van der Waals surface area (Å²) in [6, 6.07) is 31.3. The minimum Gasteiger partial charge on any atom is -0.455 e. The first-order chi connectivity index (χ1) is 34.2. The number of nitrogens with one attached hydrogen (secondary N) is 1. The van der Waals surface area contributed by atoms with Crippen LogP contribution >= 0.6 is 0 Å². The summed E-state index contributed by atoms with van der Waals surface area (Å²) in [5.74, 6) is -7.10. The lowest BCUT2D eigenvalue weighted by molar-refractivity contribution is -0.346. The van der Waals surface area contributed by atoms with Crippen LogP contribution in [0, 0.1) is 16.7 Å². The number of Topliss-reactive ketones (excluding diaryl/α,β-unsaturated/α-hetero) is 1. The van der Waals surface area contributed by atoms with Crippen LogP contribution in [0.3, 0.4) is 0 Å². The summed E-state index contributed by atoms with van der Waals surface area (Å²) in [4.78, 5) is 99.5. The van der Waals surface area contributed by atoms with E-state index in [1.54, 1.807) is 123 Å². The maximum Gasteiger partial charge on any atom is 0.509 e. The molecule has 4 aromatic carbocycles. The molecular formula is C55H57NO16. The van der Waals surface area contributed by atoms with Crippen LogP contribution in [0.5, 0.6) is 0 Å². The number of hydrogen-bond acceptors (Lipinski definition) is 16. The van der Waals surface area contributed by atoms with E-state index in [1.807, 2.05) is 0 Å². The minimum absolute atomic E-state index is 0.0421. The largest absolute Gasteiger partial charge is 0.509 e. The van der Waals surface area contributed by atoms with E-state index in [2.05, 4.69) is 5.32 Å². The zero-order valence-electron chi connectivity index (χ0n) is 40.6. The number of carbonyl (C=O) groups excluding carboxylic acids is 7. The molecule has 1 heterocycles.